The molecule has 0 unspecified atom stereocenters. The van der Waals surface area contributed by atoms with E-state index >= 15 is 0 Å². The lowest BCUT2D eigenvalue weighted by Gasteiger charge is -2.19. The second-order valence-corrected chi connectivity index (χ2v) is 11.6. The number of halogens is 1. The molecule has 1 aliphatic rings. The molecule has 7 nitrogen and oxygen atoms in total. The number of benzene rings is 2. The Balaban J connectivity index is 1.99. The highest BCUT2D eigenvalue weighted by Crippen LogP contribution is 2.37. The molecule has 150 valence electrons. The van der Waals surface area contributed by atoms with Crippen LogP contribution in [0.15, 0.2) is 51.8 Å². The molecule has 0 atom stereocenters. The number of carbonyl (C=O) groups excluding carboxylic acids is 1. The van der Waals surface area contributed by atoms with Crippen LogP contribution in [0.1, 0.15) is 19.4 Å². The van der Waals surface area contributed by atoms with E-state index in [-0.39, 0.29) is 16.3 Å². The van der Waals surface area contributed by atoms with Crippen molar-refractivity contribution in [2.45, 2.75) is 25.7 Å². The van der Waals surface area contributed by atoms with Gasteiger partial charge in [-0.1, -0.05) is 12.1 Å². The topological polar surface area (TPSA) is 101 Å². The van der Waals surface area contributed by atoms with Crippen molar-refractivity contribution < 1.29 is 21.6 Å². The van der Waals surface area contributed by atoms with Crippen molar-refractivity contribution in [3.05, 3.63) is 52.5 Å². The predicted molar refractivity (Wildman–Crippen MR) is 111 cm³/mol. The van der Waals surface area contributed by atoms with Crippen molar-refractivity contribution >= 4 is 53.3 Å². The van der Waals surface area contributed by atoms with Crippen molar-refractivity contribution in [3.8, 4) is 0 Å². The minimum Gasteiger partial charge on any atom is -0.278 e. The smallest absolute Gasteiger partial charge is 0.262 e. The van der Waals surface area contributed by atoms with Gasteiger partial charge in [0.05, 0.1) is 27.4 Å². The molecule has 1 amide bonds. The van der Waals surface area contributed by atoms with Crippen LogP contribution in [0.25, 0.3) is 0 Å². The van der Waals surface area contributed by atoms with Crippen LogP contribution in [0.5, 0.6) is 0 Å². The van der Waals surface area contributed by atoms with Gasteiger partial charge in [-0.3, -0.25) is 9.52 Å². The molecule has 1 saturated heterocycles. The third-order valence-electron chi connectivity index (χ3n) is 4.39. The molecule has 0 spiro atoms. The lowest BCUT2D eigenvalue weighted by molar-refractivity contribution is -0.123. The highest BCUT2D eigenvalue weighted by Gasteiger charge is 2.50. The molecule has 1 heterocycles. The van der Waals surface area contributed by atoms with E-state index in [0.717, 1.165) is 4.31 Å². The number of nitrogens with zero attached hydrogens (tertiary/aromatic N) is 1. The van der Waals surface area contributed by atoms with E-state index in [0.29, 0.717) is 15.7 Å². The van der Waals surface area contributed by atoms with Crippen molar-refractivity contribution in [2.75, 3.05) is 14.8 Å². The molecule has 1 aliphatic heterocycles. The Labute approximate surface area is 173 Å². The Bertz CT molecular complexity index is 1170. The SMILES string of the molecule is Cc1cc(N2C(=O)C(C)(C)CS2(=O)=O)ccc1S(=O)(=O)Nc1ccccc1Br. The fourth-order valence-corrected chi connectivity index (χ4v) is 6.99. The Kier molecular flexibility index (Phi) is 5.10. The number of para-hydroxylation sites is 1. The van der Waals surface area contributed by atoms with Crippen LogP contribution in [0.2, 0.25) is 0 Å². The number of aryl methyl sites for hydroxylation is 1. The zero-order valence-electron chi connectivity index (χ0n) is 15.4. The summed E-state index contributed by atoms with van der Waals surface area (Å²) in [6, 6.07) is 10.8. The summed E-state index contributed by atoms with van der Waals surface area (Å²) in [6.45, 7) is 4.69. The van der Waals surface area contributed by atoms with E-state index in [1.807, 2.05) is 0 Å². The van der Waals surface area contributed by atoms with Gasteiger partial charge >= 0.3 is 0 Å². The van der Waals surface area contributed by atoms with Gasteiger partial charge in [-0.25, -0.2) is 21.1 Å². The summed E-state index contributed by atoms with van der Waals surface area (Å²) in [5, 5.41) is 0. The molecule has 0 bridgehead atoms. The minimum atomic E-state index is -3.90. The van der Waals surface area contributed by atoms with E-state index in [9.17, 15) is 21.6 Å². The second kappa shape index (κ2) is 6.85. The number of amides is 1. The summed E-state index contributed by atoms with van der Waals surface area (Å²) in [5.74, 6) is -0.824. The third-order valence-corrected chi connectivity index (χ3v) is 8.62. The lowest BCUT2D eigenvalue weighted by atomic mass is 9.95. The van der Waals surface area contributed by atoms with Crippen molar-refractivity contribution in [3.63, 3.8) is 0 Å². The van der Waals surface area contributed by atoms with E-state index in [1.54, 1.807) is 45.0 Å². The van der Waals surface area contributed by atoms with Crippen LogP contribution < -0.4 is 9.03 Å². The van der Waals surface area contributed by atoms with Gasteiger partial charge in [0, 0.05) is 4.47 Å². The van der Waals surface area contributed by atoms with E-state index in [1.165, 1.54) is 18.2 Å². The standard InChI is InChI=1S/C18H19BrN2O5S2/c1-12-10-13(21-17(22)18(2,3)11-27(21,23)24)8-9-16(12)28(25,26)20-15-7-5-4-6-14(15)19/h4-10,20H,11H2,1-3H3. The highest BCUT2D eigenvalue weighted by molar-refractivity contribution is 9.10. The molecule has 0 aliphatic carbocycles. The molecule has 0 saturated carbocycles. The molecular weight excluding hydrogens is 468 g/mol. The molecule has 1 N–H and O–H groups in total. The zero-order valence-corrected chi connectivity index (χ0v) is 18.7. The van der Waals surface area contributed by atoms with Gasteiger partial charge in [0.15, 0.2) is 0 Å². The Morgan fingerprint density at radius 1 is 1.14 bits per heavy atom. The zero-order chi connectivity index (χ0) is 20.9. The fraction of sp³-hybridized carbons (Fsp3) is 0.278. The number of carbonyl (C=O) groups is 1. The average Bonchev–Trinajstić information content (AvgIpc) is 2.72. The second-order valence-electron chi connectivity index (χ2n) is 7.24. The third kappa shape index (κ3) is 3.68. The number of nitrogens with one attached hydrogen (secondary N) is 1. The van der Waals surface area contributed by atoms with Gasteiger partial charge in [-0.05, 0) is 72.6 Å². The first-order valence-electron chi connectivity index (χ1n) is 8.31. The van der Waals surface area contributed by atoms with Crippen LogP contribution in [0.3, 0.4) is 0 Å². The molecule has 3 rings (SSSR count). The van der Waals surface area contributed by atoms with Gasteiger partial charge in [-0.2, -0.15) is 0 Å². The normalized spacial score (nSPS) is 18.3. The lowest BCUT2D eigenvalue weighted by Crippen LogP contribution is -2.33. The van der Waals surface area contributed by atoms with Crippen molar-refractivity contribution in [2.24, 2.45) is 5.41 Å². The summed E-state index contributed by atoms with van der Waals surface area (Å²) in [6.07, 6.45) is 0. The van der Waals surface area contributed by atoms with Gasteiger partial charge in [0.1, 0.15) is 0 Å². The maximum absolute atomic E-state index is 12.8. The quantitative estimate of drug-likeness (QED) is 0.714. The summed E-state index contributed by atoms with van der Waals surface area (Å²) in [4.78, 5) is 12.5. The van der Waals surface area contributed by atoms with Crippen LogP contribution >= 0.6 is 15.9 Å². The first-order chi connectivity index (χ1) is 12.8. The number of anilines is 2. The first-order valence-corrected chi connectivity index (χ1v) is 12.2. The van der Waals surface area contributed by atoms with Crippen LogP contribution in [-0.4, -0.2) is 28.5 Å². The van der Waals surface area contributed by atoms with Gasteiger partial charge in [0.2, 0.25) is 15.9 Å². The van der Waals surface area contributed by atoms with E-state index in [4.69, 9.17) is 0 Å². The summed E-state index contributed by atoms with van der Waals surface area (Å²) >= 11 is 3.29. The molecule has 0 aromatic heterocycles. The Hall–Kier alpha value is -1.91. The summed E-state index contributed by atoms with van der Waals surface area (Å²) < 4.78 is 54.2. The molecule has 2 aromatic rings. The minimum absolute atomic E-state index is 0.00435. The van der Waals surface area contributed by atoms with Crippen LogP contribution in [-0.2, 0) is 24.8 Å². The fourth-order valence-electron chi connectivity index (χ4n) is 3.07. The number of hydrogen-bond acceptors (Lipinski definition) is 5. The van der Waals surface area contributed by atoms with Crippen molar-refractivity contribution in [1.82, 2.24) is 0 Å². The molecule has 28 heavy (non-hydrogen) atoms. The predicted octanol–water partition coefficient (Wildman–Crippen LogP) is 3.26. The van der Waals surface area contributed by atoms with E-state index in [2.05, 4.69) is 20.7 Å². The average molecular weight is 487 g/mol. The summed E-state index contributed by atoms with van der Waals surface area (Å²) in [7, 11) is -7.71. The Morgan fingerprint density at radius 2 is 1.79 bits per heavy atom. The maximum atomic E-state index is 12.8. The Morgan fingerprint density at radius 3 is 2.32 bits per heavy atom. The maximum Gasteiger partial charge on any atom is 0.262 e. The van der Waals surface area contributed by atoms with E-state index < -0.39 is 31.4 Å². The van der Waals surface area contributed by atoms with Gasteiger partial charge in [0.25, 0.3) is 10.0 Å². The van der Waals surface area contributed by atoms with Crippen molar-refractivity contribution in [1.29, 1.82) is 0 Å². The largest absolute Gasteiger partial charge is 0.278 e. The number of sulfonamides is 2. The van der Waals surface area contributed by atoms with Gasteiger partial charge in [-0.15, -0.1) is 0 Å². The molecule has 10 heteroatoms. The number of rotatable bonds is 4. The molecule has 1 fully saturated rings. The van der Waals surface area contributed by atoms with Crippen LogP contribution in [0, 0.1) is 12.3 Å². The number of hydrogen-bond donors (Lipinski definition) is 1. The molecule has 2 aromatic carbocycles. The molecular formula is C18H19BrN2O5S2. The monoisotopic (exact) mass is 486 g/mol. The van der Waals surface area contributed by atoms with Crippen LogP contribution in [0.4, 0.5) is 11.4 Å². The molecule has 0 radical (unpaired) electrons. The first kappa shape index (κ1) is 20.8. The summed E-state index contributed by atoms with van der Waals surface area (Å²) in [5.41, 5.74) is -0.193. The highest BCUT2D eigenvalue weighted by atomic mass is 79.9. The van der Waals surface area contributed by atoms with Gasteiger partial charge < -0.3 is 0 Å².